The van der Waals surface area contributed by atoms with E-state index in [2.05, 4.69) is 0 Å². The van der Waals surface area contributed by atoms with E-state index in [4.69, 9.17) is 10.00 Å². The molecular formula is C15H12FNOS. The Labute approximate surface area is 115 Å². The van der Waals surface area contributed by atoms with Crippen molar-refractivity contribution in [2.75, 3.05) is 7.11 Å². The van der Waals surface area contributed by atoms with Crippen LogP contribution in [0, 0.1) is 17.1 Å². The van der Waals surface area contributed by atoms with Crippen LogP contribution in [-0.2, 0) is 5.75 Å². The third-order valence-electron chi connectivity index (χ3n) is 2.53. The van der Waals surface area contributed by atoms with Crippen LogP contribution in [0.1, 0.15) is 11.1 Å². The summed E-state index contributed by atoms with van der Waals surface area (Å²) in [7, 11) is 1.62. The molecule has 2 nitrogen and oxygen atoms in total. The van der Waals surface area contributed by atoms with Crippen molar-refractivity contribution in [3.8, 4) is 11.8 Å². The van der Waals surface area contributed by atoms with Crippen molar-refractivity contribution in [3.05, 3.63) is 59.4 Å². The molecule has 0 radical (unpaired) electrons. The van der Waals surface area contributed by atoms with Crippen molar-refractivity contribution in [1.29, 1.82) is 5.26 Å². The molecule has 0 bridgehead atoms. The fourth-order valence-corrected chi connectivity index (χ4v) is 2.53. The molecule has 0 aromatic heterocycles. The second kappa shape index (κ2) is 6.26. The largest absolute Gasteiger partial charge is 0.497 e. The maximum atomic E-state index is 13.3. The first kappa shape index (κ1) is 13.4. The average Bonchev–Trinajstić information content (AvgIpc) is 2.44. The highest BCUT2D eigenvalue weighted by Gasteiger charge is 2.02. The van der Waals surface area contributed by atoms with Crippen LogP contribution in [0.3, 0.4) is 0 Å². The van der Waals surface area contributed by atoms with E-state index in [1.807, 2.05) is 30.3 Å². The molecular weight excluding hydrogens is 261 g/mol. The van der Waals surface area contributed by atoms with E-state index in [0.717, 1.165) is 16.2 Å². The summed E-state index contributed by atoms with van der Waals surface area (Å²) in [6.45, 7) is 0. The highest BCUT2D eigenvalue weighted by molar-refractivity contribution is 7.98. The minimum absolute atomic E-state index is 0.348. The Bertz CT molecular complexity index is 622. The van der Waals surface area contributed by atoms with Gasteiger partial charge in [-0.05, 0) is 42.0 Å². The SMILES string of the molecule is COc1cccc(SCc2cc(F)cc(C#N)c2)c1. The quantitative estimate of drug-likeness (QED) is 0.789. The van der Waals surface area contributed by atoms with Gasteiger partial charge in [-0.3, -0.25) is 0 Å². The highest BCUT2D eigenvalue weighted by atomic mass is 32.2. The van der Waals surface area contributed by atoms with Gasteiger partial charge >= 0.3 is 0 Å². The molecule has 19 heavy (non-hydrogen) atoms. The Morgan fingerprint density at radius 1 is 1.26 bits per heavy atom. The smallest absolute Gasteiger partial charge is 0.124 e. The summed E-state index contributed by atoms with van der Waals surface area (Å²) < 4.78 is 18.4. The number of halogens is 1. The van der Waals surface area contributed by atoms with E-state index >= 15 is 0 Å². The van der Waals surface area contributed by atoms with Gasteiger partial charge < -0.3 is 4.74 Å². The number of hydrogen-bond acceptors (Lipinski definition) is 3. The minimum Gasteiger partial charge on any atom is -0.497 e. The molecule has 0 amide bonds. The van der Waals surface area contributed by atoms with Crippen molar-refractivity contribution in [2.24, 2.45) is 0 Å². The van der Waals surface area contributed by atoms with Crippen LogP contribution in [0.4, 0.5) is 4.39 Å². The number of methoxy groups -OCH3 is 1. The van der Waals surface area contributed by atoms with Crippen molar-refractivity contribution < 1.29 is 9.13 Å². The van der Waals surface area contributed by atoms with Crippen molar-refractivity contribution >= 4 is 11.8 Å². The summed E-state index contributed by atoms with van der Waals surface area (Å²) in [5.41, 5.74) is 1.14. The highest BCUT2D eigenvalue weighted by Crippen LogP contribution is 2.26. The molecule has 0 heterocycles. The fraction of sp³-hybridized carbons (Fsp3) is 0.133. The number of rotatable bonds is 4. The van der Waals surface area contributed by atoms with Gasteiger partial charge in [0.15, 0.2) is 0 Å². The van der Waals surface area contributed by atoms with Gasteiger partial charge in [0.05, 0.1) is 18.7 Å². The predicted molar refractivity (Wildman–Crippen MR) is 73.7 cm³/mol. The Morgan fingerprint density at radius 3 is 2.84 bits per heavy atom. The zero-order chi connectivity index (χ0) is 13.7. The van der Waals surface area contributed by atoms with Gasteiger partial charge in [0, 0.05) is 10.6 Å². The fourth-order valence-electron chi connectivity index (χ4n) is 1.66. The number of benzene rings is 2. The zero-order valence-corrected chi connectivity index (χ0v) is 11.2. The minimum atomic E-state index is -0.375. The van der Waals surface area contributed by atoms with Crippen molar-refractivity contribution in [1.82, 2.24) is 0 Å². The number of hydrogen-bond donors (Lipinski definition) is 0. The lowest BCUT2D eigenvalue weighted by Crippen LogP contribution is -1.87. The Morgan fingerprint density at radius 2 is 2.11 bits per heavy atom. The topological polar surface area (TPSA) is 33.0 Å². The van der Waals surface area contributed by atoms with Crippen LogP contribution >= 0.6 is 11.8 Å². The first-order valence-electron chi connectivity index (χ1n) is 5.67. The number of nitriles is 1. The van der Waals surface area contributed by atoms with Crippen LogP contribution in [0.5, 0.6) is 5.75 Å². The van der Waals surface area contributed by atoms with Gasteiger partial charge in [-0.25, -0.2) is 4.39 Å². The number of thioether (sulfide) groups is 1. The maximum absolute atomic E-state index is 13.3. The molecule has 0 spiro atoms. The normalized spacial score (nSPS) is 9.95. The number of nitrogens with zero attached hydrogens (tertiary/aromatic N) is 1. The molecule has 2 rings (SSSR count). The van der Waals surface area contributed by atoms with E-state index < -0.39 is 0 Å². The first-order valence-corrected chi connectivity index (χ1v) is 6.66. The molecule has 0 saturated carbocycles. The van der Waals surface area contributed by atoms with E-state index in [1.165, 1.54) is 12.1 Å². The second-order valence-electron chi connectivity index (χ2n) is 3.93. The van der Waals surface area contributed by atoms with Gasteiger partial charge in [0.1, 0.15) is 11.6 Å². The molecule has 0 saturated heterocycles. The summed E-state index contributed by atoms with van der Waals surface area (Å²) in [4.78, 5) is 1.04. The molecule has 0 aliphatic carbocycles. The molecule has 2 aromatic rings. The predicted octanol–water partition coefficient (Wildman–Crippen LogP) is 4.00. The van der Waals surface area contributed by atoms with Crippen molar-refractivity contribution in [2.45, 2.75) is 10.6 Å². The van der Waals surface area contributed by atoms with Crippen LogP contribution < -0.4 is 4.74 Å². The average molecular weight is 273 g/mol. The molecule has 0 fully saturated rings. The van der Waals surface area contributed by atoms with E-state index in [0.29, 0.717) is 11.3 Å². The summed E-state index contributed by atoms with van der Waals surface area (Å²) in [6, 6.07) is 14.0. The zero-order valence-electron chi connectivity index (χ0n) is 10.4. The Kier molecular flexibility index (Phi) is 4.43. The molecule has 0 unspecified atom stereocenters. The summed E-state index contributed by atoms with van der Waals surface area (Å²) >= 11 is 1.57. The van der Waals surface area contributed by atoms with Gasteiger partial charge in [0.2, 0.25) is 0 Å². The second-order valence-corrected chi connectivity index (χ2v) is 4.98. The van der Waals surface area contributed by atoms with Crippen LogP contribution in [0.25, 0.3) is 0 Å². The lowest BCUT2D eigenvalue weighted by atomic mass is 10.1. The third kappa shape index (κ3) is 3.73. The monoisotopic (exact) mass is 273 g/mol. The van der Waals surface area contributed by atoms with Gasteiger partial charge in [0.25, 0.3) is 0 Å². The van der Waals surface area contributed by atoms with E-state index in [-0.39, 0.29) is 5.82 Å². The van der Waals surface area contributed by atoms with Crippen molar-refractivity contribution in [3.63, 3.8) is 0 Å². The Hall–Kier alpha value is -1.99. The standard InChI is InChI=1S/C15H12FNOS/c1-18-14-3-2-4-15(8-14)19-10-12-5-11(9-17)6-13(16)7-12/h2-8H,10H2,1H3. The molecule has 96 valence electrons. The summed E-state index contributed by atoms with van der Waals surface area (Å²) in [6.07, 6.45) is 0. The van der Waals surface area contributed by atoms with Gasteiger partial charge in [-0.2, -0.15) is 5.26 Å². The summed E-state index contributed by atoms with van der Waals surface area (Å²) in [5.74, 6) is 1.03. The first-order chi connectivity index (χ1) is 9.21. The molecule has 4 heteroatoms. The third-order valence-corrected chi connectivity index (χ3v) is 3.60. The van der Waals surface area contributed by atoms with Crippen LogP contribution in [0.15, 0.2) is 47.4 Å². The Balaban J connectivity index is 2.10. The van der Waals surface area contributed by atoms with E-state index in [1.54, 1.807) is 24.9 Å². The lowest BCUT2D eigenvalue weighted by Gasteiger charge is -2.05. The van der Waals surface area contributed by atoms with Gasteiger partial charge in [-0.1, -0.05) is 6.07 Å². The van der Waals surface area contributed by atoms with Crippen LogP contribution in [0.2, 0.25) is 0 Å². The lowest BCUT2D eigenvalue weighted by molar-refractivity contribution is 0.413. The summed E-state index contributed by atoms with van der Waals surface area (Å²) in [5, 5.41) is 8.80. The molecule has 0 aliphatic heterocycles. The van der Waals surface area contributed by atoms with Crippen LogP contribution in [-0.4, -0.2) is 7.11 Å². The molecule has 0 N–H and O–H groups in total. The van der Waals surface area contributed by atoms with E-state index in [9.17, 15) is 4.39 Å². The molecule has 2 aromatic carbocycles. The van der Waals surface area contributed by atoms with Gasteiger partial charge in [-0.15, -0.1) is 11.8 Å². The molecule has 0 atom stereocenters. The molecule has 0 aliphatic rings. The number of ether oxygens (including phenoxy) is 1. The maximum Gasteiger partial charge on any atom is 0.124 e.